The number of benzene rings is 2. The number of amides is 3. The van der Waals surface area contributed by atoms with Crippen molar-refractivity contribution in [2.24, 2.45) is 5.92 Å². The second kappa shape index (κ2) is 9.20. The van der Waals surface area contributed by atoms with Gasteiger partial charge in [0.05, 0.1) is 18.7 Å². The lowest BCUT2D eigenvalue weighted by atomic mass is 10.1. The molecular formula is C25H26N4O4. The van der Waals surface area contributed by atoms with E-state index in [1.807, 2.05) is 38.1 Å². The van der Waals surface area contributed by atoms with E-state index in [0.29, 0.717) is 22.7 Å². The molecule has 8 nitrogen and oxygen atoms in total. The first-order valence-corrected chi connectivity index (χ1v) is 10.7. The molecule has 170 valence electrons. The standard InChI is InChI=1S/C25H26N4O4/c1-16-11-12-17(2)29(16)27-25(32)18-7-6-8-20(13-18)26-24(31)19-14-23(30)28(15-19)21-9-4-5-10-22(21)33-3/h4-13,19H,14-15H2,1-3H3,(H,26,31)(H,27,32)/t19-/m0/s1. The van der Waals surface area contributed by atoms with Gasteiger partial charge in [-0.05, 0) is 56.3 Å². The summed E-state index contributed by atoms with van der Waals surface area (Å²) < 4.78 is 7.06. The normalized spacial score (nSPS) is 15.4. The number of anilines is 2. The van der Waals surface area contributed by atoms with Crippen LogP contribution in [0, 0.1) is 19.8 Å². The first kappa shape index (κ1) is 22.1. The number of ether oxygens (including phenoxy) is 1. The molecule has 0 bridgehead atoms. The van der Waals surface area contributed by atoms with Crippen molar-refractivity contribution < 1.29 is 19.1 Å². The number of nitrogens with one attached hydrogen (secondary N) is 2. The minimum atomic E-state index is -0.509. The lowest BCUT2D eigenvalue weighted by molar-refractivity contribution is -0.122. The molecule has 0 radical (unpaired) electrons. The number of carbonyl (C=O) groups is 3. The van der Waals surface area contributed by atoms with E-state index in [4.69, 9.17) is 4.74 Å². The fraction of sp³-hybridized carbons (Fsp3) is 0.240. The van der Waals surface area contributed by atoms with Gasteiger partial charge in [-0.3, -0.25) is 24.5 Å². The van der Waals surface area contributed by atoms with Crippen molar-refractivity contribution in [2.45, 2.75) is 20.3 Å². The molecule has 1 aromatic heterocycles. The number of hydrogen-bond acceptors (Lipinski definition) is 4. The van der Waals surface area contributed by atoms with Crippen molar-refractivity contribution >= 4 is 29.1 Å². The zero-order chi connectivity index (χ0) is 23.5. The van der Waals surface area contributed by atoms with Crippen LogP contribution in [0.25, 0.3) is 0 Å². The highest BCUT2D eigenvalue weighted by atomic mass is 16.5. The minimum absolute atomic E-state index is 0.107. The molecule has 1 aliphatic heterocycles. The van der Waals surface area contributed by atoms with Crippen LogP contribution in [0.5, 0.6) is 5.75 Å². The van der Waals surface area contributed by atoms with Gasteiger partial charge in [0, 0.05) is 35.6 Å². The van der Waals surface area contributed by atoms with Gasteiger partial charge in [-0.25, -0.2) is 0 Å². The summed E-state index contributed by atoms with van der Waals surface area (Å²) in [5.74, 6) is -0.614. The quantitative estimate of drug-likeness (QED) is 0.606. The summed E-state index contributed by atoms with van der Waals surface area (Å²) >= 11 is 0. The Labute approximate surface area is 192 Å². The molecule has 0 aliphatic carbocycles. The average molecular weight is 447 g/mol. The Morgan fingerprint density at radius 2 is 1.73 bits per heavy atom. The van der Waals surface area contributed by atoms with Crippen LogP contribution < -0.4 is 20.4 Å². The third kappa shape index (κ3) is 4.59. The van der Waals surface area contributed by atoms with Crippen LogP contribution in [0.15, 0.2) is 60.7 Å². The molecule has 3 amide bonds. The Morgan fingerprint density at radius 3 is 2.45 bits per heavy atom. The molecule has 3 aromatic rings. The second-order valence-electron chi connectivity index (χ2n) is 8.04. The van der Waals surface area contributed by atoms with Crippen molar-refractivity contribution in [3.63, 3.8) is 0 Å². The second-order valence-corrected chi connectivity index (χ2v) is 8.04. The van der Waals surface area contributed by atoms with Gasteiger partial charge in [0.2, 0.25) is 11.8 Å². The summed E-state index contributed by atoms with van der Waals surface area (Å²) in [6.45, 7) is 4.07. The average Bonchev–Trinajstić information content (AvgIpc) is 3.36. The molecule has 1 aliphatic rings. The summed E-state index contributed by atoms with van der Waals surface area (Å²) in [4.78, 5) is 39.8. The maximum Gasteiger partial charge on any atom is 0.270 e. The van der Waals surface area contributed by atoms with Crippen molar-refractivity contribution in [2.75, 3.05) is 29.3 Å². The van der Waals surface area contributed by atoms with E-state index in [9.17, 15) is 14.4 Å². The highest BCUT2D eigenvalue weighted by molar-refractivity contribution is 6.05. The topological polar surface area (TPSA) is 92.7 Å². The van der Waals surface area contributed by atoms with Crippen molar-refractivity contribution in [1.82, 2.24) is 4.68 Å². The summed E-state index contributed by atoms with van der Waals surface area (Å²) in [5.41, 5.74) is 6.24. The maximum atomic E-state index is 12.9. The number of aryl methyl sites for hydroxylation is 2. The maximum absolute atomic E-state index is 12.9. The third-order valence-corrected chi connectivity index (χ3v) is 5.75. The molecule has 1 saturated heterocycles. The zero-order valence-electron chi connectivity index (χ0n) is 18.8. The Balaban J connectivity index is 1.44. The van der Waals surface area contributed by atoms with E-state index < -0.39 is 5.92 Å². The van der Waals surface area contributed by atoms with E-state index >= 15 is 0 Å². The number of carbonyl (C=O) groups excluding carboxylic acids is 3. The molecule has 2 aromatic carbocycles. The molecular weight excluding hydrogens is 420 g/mol. The first-order chi connectivity index (χ1) is 15.9. The number of nitrogens with zero attached hydrogens (tertiary/aromatic N) is 2. The number of methoxy groups -OCH3 is 1. The van der Waals surface area contributed by atoms with Crippen LogP contribution in [0.3, 0.4) is 0 Å². The smallest absolute Gasteiger partial charge is 0.270 e. The molecule has 0 spiro atoms. The van der Waals surface area contributed by atoms with Gasteiger partial charge in [0.25, 0.3) is 5.91 Å². The highest BCUT2D eigenvalue weighted by Crippen LogP contribution is 2.33. The van der Waals surface area contributed by atoms with Crippen LogP contribution in [-0.2, 0) is 9.59 Å². The molecule has 2 N–H and O–H groups in total. The van der Waals surface area contributed by atoms with Crippen molar-refractivity contribution in [3.05, 3.63) is 77.6 Å². The van der Waals surface area contributed by atoms with Crippen LogP contribution in [0.1, 0.15) is 28.2 Å². The molecule has 0 saturated carbocycles. The number of rotatable bonds is 6. The lowest BCUT2D eigenvalue weighted by Gasteiger charge is -2.19. The Morgan fingerprint density at radius 1 is 1.00 bits per heavy atom. The van der Waals surface area contributed by atoms with E-state index in [2.05, 4.69) is 10.7 Å². The zero-order valence-corrected chi connectivity index (χ0v) is 18.8. The van der Waals surface area contributed by atoms with Gasteiger partial charge in [0.15, 0.2) is 0 Å². The van der Waals surface area contributed by atoms with Crippen molar-refractivity contribution in [1.29, 1.82) is 0 Å². The Hall–Kier alpha value is -4.07. The molecule has 33 heavy (non-hydrogen) atoms. The first-order valence-electron chi connectivity index (χ1n) is 10.7. The summed E-state index contributed by atoms with van der Waals surface area (Å²) in [6.07, 6.45) is 0.107. The molecule has 8 heteroatoms. The van der Waals surface area contributed by atoms with Gasteiger partial charge in [-0.1, -0.05) is 18.2 Å². The van der Waals surface area contributed by atoms with E-state index in [-0.39, 0.29) is 30.7 Å². The van der Waals surface area contributed by atoms with Gasteiger partial charge in [-0.2, -0.15) is 0 Å². The van der Waals surface area contributed by atoms with Gasteiger partial charge in [-0.15, -0.1) is 0 Å². The summed E-state index contributed by atoms with van der Waals surface area (Å²) in [7, 11) is 1.55. The molecule has 1 fully saturated rings. The van der Waals surface area contributed by atoms with E-state index in [0.717, 1.165) is 11.4 Å². The van der Waals surface area contributed by atoms with Crippen LogP contribution in [0.4, 0.5) is 11.4 Å². The molecule has 0 unspecified atom stereocenters. The minimum Gasteiger partial charge on any atom is -0.495 e. The van der Waals surface area contributed by atoms with Crippen LogP contribution >= 0.6 is 0 Å². The van der Waals surface area contributed by atoms with E-state index in [1.54, 1.807) is 53.1 Å². The van der Waals surface area contributed by atoms with Gasteiger partial charge < -0.3 is 15.0 Å². The Kier molecular flexibility index (Phi) is 6.17. The van der Waals surface area contributed by atoms with Gasteiger partial charge >= 0.3 is 0 Å². The van der Waals surface area contributed by atoms with Crippen LogP contribution in [0.2, 0.25) is 0 Å². The third-order valence-electron chi connectivity index (χ3n) is 5.75. The largest absolute Gasteiger partial charge is 0.495 e. The molecule has 4 rings (SSSR count). The number of aromatic nitrogens is 1. The predicted octanol–water partition coefficient (Wildman–Crippen LogP) is 3.49. The number of hydrogen-bond donors (Lipinski definition) is 2. The highest BCUT2D eigenvalue weighted by Gasteiger charge is 2.36. The van der Waals surface area contributed by atoms with Crippen LogP contribution in [-0.4, -0.2) is 36.1 Å². The van der Waals surface area contributed by atoms with Gasteiger partial charge in [0.1, 0.15) is 5.75 Å². The van der Waals surface area contributed by atoms with Crippen molar-refractivity contribution in [3.8, 4) is 5.75 Å². The fourth-order valence-electron chi connectivity index (χ4n) is 3.96. The molecule has 1 atom stereocenters. The SMILES string of the molecule is COc1ccccc1N1C[C@@H](C(=O)Nc2cccc(C(=O)Nn3c(C)ccc3C)c2)CC1=O. The predicted molar refractivity (Wildman–Crippen MR) is 126 cm³/mol. The summed E-state index contributed by atoms with van der Waals surface area (Å²) in [5, 5.41) is 2.85. The lowest BCUT2D eigenvalue weighted by Crippen LogP contribution is -2.28. The van der Waals surface area contributed by atoms with E-state index in [1.165, 1.54) is 0 Å². The molecule has 2 heterocycles. The fourth-order valence-corrected chi connectivity index (χ4v) is 3.96. The Bertz CT molecular complexity index is 1200. The monoisotopic (exact) mass is 446 g/mol. The summed E-state index contributed by atoms with van der Waals surface area (Å²) in [6, 6.07) is 17.8. The number of para-hydroxylation sites is 2.